The predicted octanol–water partition coefficient (Wildman–Crippen LogP) is 2.96. The fraction of sp³-hybridized carbons (Fsp3) is 0.875. The lowest BCUT2D eigenvalue weighted by Crippen LogP contribution is -2.47. The second-order valence-electron chi connectivity index (χ2n) is 7.19. The smallest absolute Gasteiger partial charge is 0.317 e. The number of carboxylic acids is 1. The third-order valence-corrected chi connectivity index (χ3v) is 4.59. The number of amides is 2. The highest BCUT2D eigenvalue weighted by Crippen LogP contribution is 2.34. The van der Waals surface area contributed by atoms with Gasteiger partial charge in [0, 0.05) is 26.1 Å². The Morgan fingerprint density at radius 2 is 1.86 bits per heavy atom. The van der Waals surface area contributed by atoms with Crippen molar-refractivity contribution < 1.29 is 14.7 Å². The maximum Gasteiger partial charge on any atom is 0.317 e. The minimum Gasteiger partial charge on any atom is -0.481 e. The fourth-order valence-corrected chi connectivity index (χ4v) is 2.90. The number of urea groups is 1. The van der Waals surface area contributed by atoms with E-state index >= 15 is 0 Å². The van der Waals surface area contributed by atoms with Gasteiger partial charge in [-0.2, -0.15) is 0 Å². The van der Waals surface area contributed by atoms with E-state index in [0.29, 0.717) is 17.9 Å². The number of hydrogen-bond acceptors (Lipinski definition) is 2. The van der Waals surface area contributed by atoms with Crippen molar-refractivity contribution in [3.05, 3.63) is 0 Å². The maximum atomic E-state index is 12.1. The van der Waals surface area contributed by atoms with Crippen molar-refractivity contribution >= 4 is 12.0 Å². The van der Waals surface area contributed by atoms with Crippen LogP contribution < -0.4 is 5.32 Å². The lowest BCUT2D eigenvalue weighted by atomic mass is 9.75. The molecule has 1 unspecified atom stereocenters. The molecule has 0 aromatic rings. The average Bonchev–Trinajstić information content (AvgIpc) is 2.41. The van der Waals surface area contributed by atoms with Crippen LogP contribution in [0.1, 0.15) is 53.4 Å². The van der Waals surface area contributed by atoms with Crippen molar-refractivity contribution in [2.45, 2.75) is 53.4 Å². The van der Waals surface area contributed by atoms with Crippen molar-refractivity contribution in [3.63, 3.8) is 0 Å². The molecule has 1 fully saturated rings. The van der Waals surface area contributed by atoms with E-state index in [4.69, 9.17) is 5.11 Å². The van der Waals surface area contributed by atoms with Crippen LogP contribution in [-0.4, -0.2) is 41.6 Å². The van der Waals surface area contributed by atoms with E-state index in [-0.39, 0.29) is 18.4 Å². The van der Waals surface area contributed by atoms with E-state index in [9.17, 15) is 9.59 Å². The van der Waals surface area contributed by atoms with E-state index in [1.54, 1.807) is 0 Å². The highest BCUT2D eigenvalue weighted by atomic mass is 16.4. The molecule has 5 nitrogen and oxygen atoms in total. The molecule has 0 aromatic carbocycles. The van der Waals surface area contributed by atoms with Gasteiger partial charge < -0.3 is 15.3 Å². The zero-order chi connectivity index (χ0) is 16.0. The molecule has 1 rings (SSSR count). The molecule has 0 aromatic heterocycles. The van der Waals surface area contributed by atoms with Gasteiger partial charge in [-0.3, -0.25) is 4.79 Å². The van der Waals surface area contributed by atoms with Crippen LogP contribution in [0.2, 0.25) is 0 Å². The Balaban J connectivity index is 2.35. The number of rotatable bonds is 5. The van der Waals surface area contributed by atoms with Crippen LogP contribution in [0.4, 0.5) is 4.79 Å². The zero-order valence-corrected chi connectivity index (χ0v) is 13.8. The average molecular weight is 298 g/mol. The molecule has 122 valence electrons. The summed E-state index contributed by atoms with van der Waals surface area (Å²) in [6.45, 7) is 10.8. The van der Waals surface area contributed by atoms with Crippen molar-refractivity contribution in [2.24, 2.45) is 17.3 Å². The van der Waals surface area contributed by atoms with Gasteiger partial charge in [0.15, 0.2) is 0 Å². The standard InChI is InChI=1S/C16H30N2O3/c1-5-12(10-14(19)20)11-17-15(21)18-8-6-13(7-9-18)16(2,3)4/h12-13H,5-11H2,1-4H3,(H,17,21)(H,19,20). The Labute approximate surface area is 128 Å². The Morgan fingerprint density at radius 1 is 1.29 bits per heavy atom. The van der Waals surface area contributed by atoms with Gasteiger partial charge in [0.2, 0.25) is 0 Å². The van der Waals surface area contributed by atoms with Crippen LogP contribution in [0.25, 0.3) is 0 Å². The second kappa shape index (κ2) is 7.66. The molecule has 1 saturated heterocycles. The number of hydrogen-bond donors (Lipinski definition) is 2. The van der Waals surface area contributed by atoms with Crippen molar-refractivity contribution in [3.8, 4) is 0 Å². The molecule has 21 heavy (non-hydrogen) atoms. The summed E-state index contributed by atoms with van der Waals surface area (Å²) < 4.78 is 0. The van der Waals surface area contributed by atoms with Gasteiger partial charge in [-0.15, -0.1) is 0 Å². The van der Waals surface area contributed by atoms with E-state index in [2.05, 4.69) is 26.1 Å². The quantitative estimate of drug-likeness (QED) is 0.820. The first kappa shape index (κ1) is 17.8. The van der Waals surface area contributed by atoms with Crippen LogP contribution in [0.5, 0.6) is 0 Å². The molecule has 0 aliphatic carbocycles. The van der Waals surface area contributed by atoms with Crippen molar-refractivity contribution in [2.75, 3.05) is 19.6 Å². The van der Waals surface area contributed by atoms with Crippen LogP contribution in [0, 0.1) is 17.3 Å². The van der Waals surface area contributed by atoms with Gasteiger partial charge in [-0.1, -0.05) is 34.1 Å². The summed E-state index contributed by atoms with van der Waals surface area (Å²) in [6, 6.07) is -0.0498. The summed E-state index contributed by atoms with van der Waals surface area (Å²) >= 11 is 0. The molecule has 0 bridgehead atoms. The number of aliphatic carboxylic acids is 1. The van der Waals surface area contributed by atoms with Crippen molar-refractivity contribution in [1.82, 2.24) is 10.2 Å². The van der Waals surface area contributed by atoms with Gasteiger partial charge >= 0.3 is 12.0 Å². The topological polar surface area (TPSA) is 69.6 Å². The summed E-state index contributed by atoms with van der Waals surface area (Å²) in [5, 5.41) is 11.7. The molecule has 0 spiro atoms. The Hall–Kier alpha value is -1.26. The number of carbonyl (C=O) groups excluding carboxylic acids is 1. The minimum atomic E-state index is -0.804. The Morgan fingerprint density at radius 3 is 2.29 bits per heavy atom. The highest BCUT2D eigenvalue weighted by molar-refractivity contribution is 5.74. The summed E-state index contributed by atoms with van der Waals surface area (Å²) in [7, 11) is 0. The van der Waals surface area contributed by atoms with Crippen LogP contribution in [0.3, 0.4) is 0 Å². The summed E-state index contributed by atoms with van der Waals surface area (Å²) in [6.07, 6.45) is 2.97. The lowest BCUT2D eigenvalue weighted by molar-refractivity contribution is -0.138. The number of carboxylic acid groups (broad SMARTS) is 1. The van der Waals surface area contributed by atoms with Crippen LogP contribution >= 0.6 is 0 Å². The first-order valence-electron chi connectivity index (χ1n) is 7.98. The van der Waals surface area contributed by atoms with E-state index in [1.165, 1.54) is 0 Å². The van der Waals surface area contributed by atoms with Crippen molar-refractivity contribution in [1.29, 1.82) is 0 Å². The second-order valence-corrected chi connectivity index (χ2v) is 7.19. The number of carbonyl (C=O) groups is 2. The molecule has 1 aliphatic heterocycles. The number of nitrogens with one attached hydrogen (secondary N) is 1. The molecule has 5 heteroatoms. The Kier molecular flexibility index (Phi) is 6.49. The van der Waals surface area contributed by atoms with E-state index in [1.807, 2.05) is 11.8 Å². The highest BCUT2D eigenvalue weighted by Gasteiger charge is 2.30. The fourth-order valence-electron chi connectivity index (χ4n) is 2.90. The number of nitrogens with zero attached hydrogens (tertiary/aromatic N) is 1. The first-order valence-corrected chi connectivity index (χ1v) is 7.98. The molecule has 1 heterocycles. The molecule has 0 radical (unpaired) electrons. The third-order valence-electron chi connectivity index (χ3n) is 4.59. The molecule has 2 N–H and O–H groups in total. The predicted molar refractivity (Wildman–Crippen MR) is 83.2 cm³/mol. The normalized spacial score (nSPS) is 18.4. The largest absolute Gasteiger partial charge is 0.481 e. The summed E-state index contributed by atoms with van der Waals surface area (Å²) in [4.78, 5) is 24.7. The number of likely N-dealkylation sites (tertiary alicyclic amines) is 1. The summed E-state index contributed by atoms with van der Waals surface area (Å²) in [5.41, 5.74) is 0.303. The Bertz CT molecular complexity index is 355. The lowest BCUT2D eigenvalue weighted by Gasteiger charge is -2.38. The number of piperidine rings is 1. The van der Waals surface area contributed by atoms with Gasteiger partial charge in [0.05, 0.1) is 0 Å². The minimum absolute atomic E-state index is 0.0126. The third kappa shape index (κ3) is 5.94. The zero-order valence-electron chi connectivity index (χ0n) is 13.8. The monoisotopic (exact) mass is 298 g/mol. The van der Waals surface area contributed by atoms with Crippen LogP contribution in [-0.2, 0) is 4.79 Å². The SMILES string of the molecule is CCC(CNC(=O)N1CCC(C(C)(C)C)CC1)CC(=O)O. The van der Waals surface area contributed by atoms with E-state index < -0.39 is 5.97 Å². The molecule has 1 aliphatic rings. The molecule has 1 atom stereocenters. The first-order chi connectivity index (χ1) is 9.74. The molecular weight excluding hydrogens is 268 g/mol. The van der Waals surface area contributed by atoms with E-state index in [0.717, 1.165) is 32.4 Å². The summed E-state index contributed by atoms with van der Waals surface area (Å²) in [5.74, 6) is -0.127. The van der Waals surface area contributed by atoms with Crippen LogP contribution in [0.15, 0.2) is 0 Å². The van der Waals surface area contributed by atoms with Gasteiger partial charge in [-0.05, 0) is 30.1 Å². The maximum absolute atomic E-state index is 12.1. The molecule has 0 saturated carbocycles. The van der Waals surface area contributed by atoms with Gasteiger partial charge in [0.25, 0.3) is 0 Å². The van der Waals surface area contributed by atoms with Gasteiger partial charge in [-0.25, -0.2) is 4.79 Å². The van der Waals surface area contributed by atoms with Gasteiger partial charge in [0.1, 0.15) is 0 Å². The molecular formula is C16H30N2O3. The molecule has 2 amide bonds.